The molecule has 0 bridgehead atoms. The predicted molar refractivity (Wildman–Crippen MR) is 72.4 cm³/mol. The smallest absolute Gasteiger partial charge is 0.328 e. The highest BCUT2D eigenvalue weighted by molar-refractivity contribution is 5.85. The number of carboxylic acids is 1. The van der Waals surface area contributed by atoms with E-state index in [9.17, 15) is 9.59 Å². The van der Waals surface area contributed by atoms with E-state index in [-0.39, 0.29) is 5.91 Å². The third-order valence-corrected chi connectivity index (χ3v) is 3.24. The average molecular weight is 259 g/mol. The molecule has 0 spiro atoms. The van der Waals surface area contributed by atoms with Crippen LogP contribution in [0.1, 0.15) is 30.4 Å². The Kier molecular flexibility index (Phi) is 4.34. The number of likely N-dealkylation sites (tertiary alicyclic amines) is 1. The van der Waals surface area contributed by atoms with Crippen molar-refractivity contribution in [2.75, 3.05) is 6.54 Å². The Morgan fingerprint density at radius 3 is 2.84 bits per heavy atom. The fraction of sp³-hybridized carbons (Fsp3) is 0.333. The van der Waals surface area contributed by atoms with E-state index in [4.69, 9.17) is 5.11 Å². The van der Waals surface area contributed by atoms with E-state index in [1.165, 1.54) is 0 Å². The van der Waals surface area contributed by atoms with E-state index in [0.29, 0.717) is 13.0 Å². The van der Waals surface area contributed by atoms with Crippen LogP contribution in [0.4, 0.5) is 0 Å². The van der Waals surface area contributed by atoms with Crippen molar-refractivity contribution in [3.63, 3.8) is 0 Å². The second kappa shape index (κ2) is 6.18. The summed E-state index contributed by atoms with van der Waals surface area (Å²) in [5, 5.41) is 8.68. The summed E-state index contributed by atoms with van der Waals surface area (Å²) >= 11 is 0. The number of carbonyl (C=O) groups excluding carboxylic acids is 1. The van der Waals surface area contributed by atoms with E-state index in [0.717, 1.165) is 36.6 Å². The van der Waals surface area contributed by atoms with Gasteiger partial charge < -0.3 is 10.0 Å². The first-order valence-corrected chi connectivity index (χ1v) is 6.43. The lowest BCUT2D eigenvalue weighted by Crippen LogP contribution is -2.34. The molecule has 1 fully saturated rings. The molecule has 0 aliphatic carbocycles. The second-order valence-corrected chi connectivity index (χ2v) is 4.64. The number of amides is 1. The van der Waals surface area contributed by atoms with E-state index in [1.807, 2.05) is 29.2 Å². The molecule has 100 valence electrons. The van der Waals surface area contributed by atoms with Gasteiger partial charge in [-0.05, 0) is 30.0 Å². The first-order chi connectivity index (χ1) is 9.16. The molecule has 1 aromatic carbocycles. The Morgan fingerprint density at radius 2 is 2.11 bits per heavy atom. The lowest BCUT2D eigenvalue weighted by molar-refractivity contribution is -0.134. The Labute approximate surface area is 112 Å². The maximum atomic E-state index is 11.8. The molecular weight excluding hydrogens is 242 g/mol. The Hall–Kier alpha value is -2.10. The standard InChI is InChI=1S/C15H17NO3/c17-14-7-3-4-10-16(14)11-13-6-2-1-5-12(13)8-9-15(18)19/h1-2,5-6,8-9H,3-4,7,10-11H2,(H,18,19)/b9-8+. The molecule has 0 aromatic heterocycles. The van der Waals surface area contributed by atoms with Gasteiger partial charge in [0.15, 0.2) is 0 Å². The van der Waals surface area contributed by atoms with Gasteiger partial charge in [-0.1, -0.05) is 24.3 Å². The highest BCUT2D eigenvalue weighted by atomic mass is 16.4. The third kappa shape index (κ3) is 3.68. The molecule has 1 amide bonds. The van der Waals surface area contributed by atoms with Crippen molar-refractivity contribution < 1.29 is 14.7 Å². The van der Waals surface area contributed by atoms with Crippen LogP contribution < -0.4 is 0 Å². The maximum absolute atomic E-state index is 11.8. The molecule has 2 rings (SSSR count). The van der Waals surface area contributed by atoms with E-state index >= 15 is 0 Å². The van der Waals surface area contributed by atoms with Gasteiger partial charge >= 0.3 is 5.97 Å². The zero-order valence-corrected chi connectivity index (χ0v) is 10.7. The van der Waals surface area contributed by atoms with E-state index in [2.05, 4.69) is 0 Å². The summed E-state index contributed by atoms with van der Waals surface area (Å²) < 4.78 is 0. The first kappa shape index (κ1) is 13.3. The molecule has 0 atom stereocenters. The van der Waals surface area contributed by atoms with Crippen molar-refractivity contribution in [1.29, 1.82) is 0 Å². The van der Waals surface area contributed by atoms with Crippen LogP contribution in [-0.4, -0.2) is 28.4 Å². The summed E-state index contributed by atoms with van der Waals surface area (Å²) in [6, 6.07) is 7.57. The van der Waals surface area contributed by atoms with Gasteiger partial charge in [0.25, 0.3) is 0 Å². The molecule has 0 saturated carbocycles. The van der Waals surface area contributed by atoms with Crippen LogP contribution in [0.5, 0.6) is 0 Å². The van der Waals surface area contributed by atoms with Gasteiger partial charge in [-0.15, -0.1) is 0 Å². The Bertz CT molecular complexity index is 508. The largest absolute Gasteiger partial charge is 0.478 e. The normalized spacial score (nSPS) is 16.0. The molecular formula is C15H17NO3. The molecule has 1 heterocycles. The molecule has 0 radical (unpaired) electrons. The van der Waals surface area contributed by atoms with Crippen LogP contribution in [0.3, 0.4) is 0 Å². The number of hydrogen-bond acceptors (Lipinski definition) is 2. The minimum atomic E-state index is -0.969. The van der Waals surface area contributed by atoms with Crippen molar-refractivity contribution in [3.8, 4) is 0 Å². The number of benzene rings is 1. The number of carboxylic acid groups (broad SMARTS) is 1. The van der Waals surface area contributed by atoms with Crippen molar-refractivity contribution in [2.24, 2.45) is 0 Å². The molecule has 19 heavy (non-hydrogen) atoms. The molecule has 4 nitrogen and oxygen atoms in total. The summed E-state index contributed by atoms with van der Waals surface area (Å²) in [6.45, 7) is 1.34. The Morgan fingerprint density at radius 1 is 1.32 bits per heavy atom. The first-order valence-electron chi connectivity index (χ1n) is 6.43. The molecule has 4 heteroatoms. The SMILES string of the molecule is O=C(O)/C=C/c1ccccc1CN1CCCCC1=O. The van der Waals surface area contributed by atoms with Crippen LogP contribution in [0.15, 0.2) is 30.3 Å². The van der Waals surface area contributed by atoms with E-state index < -0.39 is 5.97 Å². The van der Waals surface area contributed by atoms with Gasteiger partial charge in [-0.3, -0.25) is 4.79 Å². The summed E-state index contributed by atoms with van der Waals surface area (Å²) in [5.41, 5.74) is 1.83. The molecule has 1 aliphatic rings. The van der Waals surface area contributed by atoms with E-state index in [1.54, 1.807) is 6.08 Å². The number of piperidine rings is 1. The number of nitrogens with zero attached hydrogens (tertiary/aromatic N) is 1. The van der Waals surface area contributed by atoms with Gasteiger partial charge in [0.05, 0.1) is 0 Å². The second-order valence-electron chi connectivity index (χ2n) is 4.64. The topological polar surface area (TPSA) is 57.6 Å². The Balaban J connectivity index is 2.15. The van der Waals surface area contributed by atoms with Crippen molar-refractivity contribution in [2.45, 2.75) is 25.8 Å². The van der Waals surface area contributed by atoms with Crippen molar-refractivity contribution in [1.82, 2.24) is 4.90 Å². The highest BCUT2D eigenvalue weighted by Gasteiger charge is 2.18. The molecule has 1 aliphatic heterocycles. The monoisotopic (exact) mass is 259 g/mol. The van der Waals surface area contributed by atoms with Gasteiger partial charge in [0.1, 0.15) is 0 Å². The van der Waals surface area contributed by atoms with Crippen LogP contribution in [-0.2, 0) is 16.1 Å². The fourth-order valence-corrected chi connectivity index (χ4v) is 2.24. The van der Waals surface area contributed by atoms with Crippen LogP contribution >= 0.6 is 0 Å². The molecule has 1 saturated heterocycles. The zero-order chi connectivity index (χ0) is 13.7. The van der Waals surface area contributed by atoms with Gasteiger partial charge in [0.2, 0.25) is 5.91 Å². The van der Waals surface area contributed by atoms with Gasteiger partial charge in [-0.25, -0.2) is 4.79 Å². The molecule has 1 N–H and O–H groups in total. The summed E-state index contributed by atoms with van der Waals surface area (Å²) in [6.07, 6.45) is 5.32. The quantitative estimate of drug-likeness (QED) is 0.844. The minimum absolute atomic E-state index is 0.184. The van der Waals surface area contributed by atoms with Crippen molar-refractivity contribution in [3.05, 3.63) is 41.5 Å². The third-order valence-electron chi connectivity index (χ3n) is 3.24. The summed E-state index contributed by atoms with van der Waals surface area (Å²) in [7, 11) is 0. The lowest BCUT2D eigenvalue weighted by Gasteiger charge is -2.27. The van der Waals surface area contributed by atoms with Crippen LogP contribution in [0.25, 0.3) is 6.08 Å². The number of rotatable bonds is 4. The van der Waals surface area contributed by atoms with Crippen LogP contribution in [0.2, 0.25) is 0 Å². The minimum Gasteiger partial charge on any atom is -0.478 e. The molecule has 0 unspecified atom stereocenters. The predicted octanol–water partition coefficient (Wildman–Crippen LogP) is 2.30. The lowest BCUT2D eigenvalue weighted by atomic mass is 10.0. The zero-order valence-electron chi connectivity index (χ0n) is 10.7. The number of hydrogen-bond donors (Lipinski definition) is 1. The number of aliphatic carboxylic acids is 1. The summed E-state index contributed by atoms with van der Waals surface area (Å²) in [4.78, 5) is 24.2. The number of carbonyl (C=O) groups is 2. The fourth-order valence-electron chi connectivity index (χ4n) is 2.24. The summed E-state index contributed by atoms with van der Waals surface area (Å²) in [5.74, 6) is -0.785. The van der Waals surface area contributed by atoms with Gasteiger partial charge in [0, 0.05) is 25.6 Å². The molecule has 1 aromatic rings. The maximum Gasteiger partial charge on any atom is 0.328 e. The highest BCUT2D eigenvalue weighted by Crippen LogP contribution is 2.18. The van der Waals surface area contributed by atoms with Crippen molar-refractivity contribution >= 4 is 18.0 Å². The van der Waals surface area contributed by atoms with Gasteiger partial charge in [-0.2, -0.15) is 0 Å². The average Bonchev–Trinajstić information content (AvgIpc) is 2.40. The van der Waals surface area contributed by atoms with Crippen LogP contribution in [0, 0.1) is 0 Å².